The molecular formula is C18H20N3O9P. The number of aromatic nitrogens is 2. The van der Waals surface area contributed by atoms with E-state index in [1.807, 2.05) is 6.07 Å². The van der Waals surface area contributed by atoms with E-state index in [1.54, 1.807) is 19.1 Å². The van der Waals surface area contributed by atoms with E-state index in [0.717, 1.165) is 16.3 Å². The van der Waals surface area contributed by atoms with Crippen molar-refractivity contribution in [3.8, 4) is 5.75 Å². The monoisotopic (exact) mass is 453 g/mol. The standard InChI is InChI=1S/C18H20N3O9P/c1-9-3-2-4-10-7-27-31(26,30-15(9)10)28-8-11-13(22)14(23)18(29-11)21-6-5-20-12(16(19)24)17(21)25/h2-6,11,13-14,18,22-23H,7-8H2,1H3,(H2,19,24)/t11-,13-,14-,18-,31?/m1/s1. The van der Waals surface area contributed by atoms with Crippen molar-refractivity contribution < 1.29 is 37.9 Å². The van der Waals surface area contributed by atoms with Crippen LogP contribution in [0, 0.1) is 6.92 Å². The fourth-order valence-electron chi connectivity index (χ4n) is 3.36. The summed E-state index contributed by atoms with van der Waals surface area (Å²) in [5, 5.41) is 20.7. The molecule has 1 aromatic carbocycles. The molecule has 0 radical (unpaired) electrons. The molecule has 1 fully saturated rings. The molecule has 13 heteroatoms. The van der Waals surface area contributed by atoms with Gasteiger partial charge < -0.3 is 25.2 Å². The van der Waals surface area contributed by atoms with Crippen LogP contribution in [0.5, 0.6) is 5.75 Å². The zero-order valence-corrected chi connectivity index (χ0v) is 17.2. The second-order valence-corrected chi connectivity index (χ2v) is 8.66. The summed E-state index contributed by atoms with van der Waals surface area (Å²) in [4.78, 5) is 27.3. The molecule has 2 aliphatic heterocycles. The van der Waals surface area contributed by atoms with Gasteiger partial charge in [-0.1, -0.05) is 18.2 Å². The third-order valence-electron chi connectivity index (χ3n) is 4.98. The maximum absolute atomic E-state index is 12.8. The fourth-order valence-corrected chi connectivity index (χ4v) is 4.66. The number of aliphatic hydroxyl groups is 2. The van der Waals surface area contributed by atoms with Gasteiger partial charge in [0.25, 0.3) is 11.5 Å². The summed E-state index contributed by atoms with van der Waals surface area (Å²) in [5.74, 6) is -0.655. The van der Waals surface area contributed by atoms with Gasteiger partial charge in [-0.15, -0.1) is 0 Å². The summed E-state index contributed by atoms with van der Waals surface area (Å²) in [5.41, 5.74) is 5.13. The van der Waals surface area contributed by atoms with E-state index in [4.69, 9.17) is 24.0 Å². The van der Waals surface area contributed by atoms with Crippen molar-refractivity contribution in [2.75, 3.05) is 6.61 Å². The van der Waals surface area contributed by atoms with Crippen LogP contribution in [0.4, 0.5) is 0 Å². The Morgan fingerprint density at radius 2 is 2.16 bits per heavy atom. The quantitative estimate of drug-likeness (QED) is 0.523. The predicted molar refractivity (Wildman–Crippen MR) is 103 cm³/mol. The third kappa shape index (κ3) is 4.01. The molecule has 4 N–H and O–H groups in total. The average Bonchev–Trinajstić information content (AvgIpc) is 3.01. The Bertz CT molecular complexity index is 1120. The number of para-hydroxylation sites is 1. The molecule has 0 spiro atoms. The van der Waals surface area contributed by atoms with Gasteiger partial charge in [0.2, 0.25) is 0 Å². The summed E-state index contributed by atoms with van der Waals surface area (Å²) in [7, 11) is -4.01. The summed E-state index contributed by atoms with van der Waals surface area (Å²) in [6.07, 6.45) is -3.26. The number of rotatable bonds is 5. The first-order chi connectivity index (χ1) is 14.7. The zero-order valence-electron chi connectivity index (χ0n) is 16.3. The molecule has 0 aliphatic carbocycles. The lowest BCUT2D eigenvalue weighted by molar-refractivity contribution is -0.0550. The molecule has 0 bridgehead atoms. The van der Waals surface area contributed by atoms with Crippen LogP contribution in [-0.4, -0.2) is 50.6 Å². The number of hydrogen-bond acceptors (Lipinski definition) is 10. The number of aryl methyl sites for hydroxylation is 1. The minimum absolute atomic E-state index is 0.00984. The third-order valence-corrected chi connectivity index (χ3v) is 6.30. The van der Waals surface area contributed by atoms with E-state index in [1.165, 1.54) is 6.20 Å². The molecule has 1 saturated heterocycles. The molecule has 4 rings (SSSR count). The SMILES string of the molecule is Cc1cccc2c1OP(=O)(OC[C@H]1O[C@@H](n3ccnc(C(N)=O)c3=O)[C@H](O)[C@@H]1O)OC2. The number of primary amides is 1. The molecule has 2 aliphatic rings. The number of phosphoric acid groups is 1. The Balaban J connectivity index is 1.48. The minimum atomic E-state index is -4.01. The van der Waals surface area contributed by atoms with Crippen molar-refractivity contribution in [2.45, 2.75) is 38.1 Å². The molecule has 1 unspecified atom stereocenters. The molecule has 12 nitrogen and oxygen atoms in total. The number of nitrogens with two attached hydrogens (primary N) is 1. The number of benzene rings is 1. The number of carbonyl (C=O) groups excluding carboxylic acids is 1. The molecule has 3 heterocycles. The Kier molecular flexibility index (Phi) is 5.69. The molecule has 2 aromatic rings. The highest BCUT2D eigenvalue weighted by atomic mass is 31.2. The van der Waals surface area contributed by atoms with Gasteiger partial charge in [0.05, 0.1) is 13.2 Å². The van der Waals surface area contributed by atoms with E-state index in [0.29, 0.717) is 11.3 Å². The second kappa shape index (κ2) is 8.15. The summed E-state index contributed by atoms with van der Waals surface area (Å²) >= 11 is 0. The first-order valence-electron chi connectivity index (χ1n) is 9.26. The molecule has 0 saturated carbocycles. The summed E-state index contributed by atoms with van der Waals surface area (Å²) in [6, 6.07) is 5.36. The lowest BCUT2D eigenvalue weighted by Gasteiger charge is -2.27. The van der Waals surface area contributed by atoms with E-state index in [2.05, 4.69) is 4.98 Å². The lowest BCUT2D eigenvalue weighted by Crippen LogP contribution is -2.38. The Morgan fingerprint density at radius 1 is 1.39 bits per heavy atom. The molecule has 166 valence electrons. The van der Waals surface area contributed by atoms with Gasteiger partial charge in [0.1, 0.15) is 24.1 Å². The van der Waals surface area contributed by atoms with Crippen molar-refractivity contribution in [2.24, 2.45) is 5.73 Å². The van der Waals surface area contributed by atoms with Crippen molar-refractivity contribution in [1.29, 1.82) is 0 Å². The maximum Gasteiger partial charge on any atom is 0.530 e. The Morgan fingerprint density at radius 3 is 2.90 bits per heavy atom. The minimum Gasteiger partial charge on any atom is -0.403 e. The van der Waals surface area contributed by atoms with Crippen LogP contribution < -0.4 is 15.8 Å². The van der Waals surface area contributed by atoms with Gasteiger partial charge in [-0.3, -0.25) is 23.2 Å². The number of carbonyl (C=O) groups is 1. The molecular weight excluding hydrogens is 433 g/mol. The Labute approximate surface area is 175 Å². The molecule has 1 amide bonds. The normalized spacial score (nSPS) is 29.9. The lowest BCUT2D eigenvalue weighted by atomic mass is 10.1. The highest BCUT2D eigenvalue weighted by Crippen LogP contribution is 2.55. The van der Waals surface area contributed by atoms with Crippen molar-refractivity contribution >= 4 is 13.7 Å². The van der Waals surface area contributed by atoms with Crippen molar-refractivity contribution in [1.82, 2.24) is 9.55 Å². The summed E-state index contributed by atoms with van der Waals surface area (Å²) in [6.45, 7) is 1.33. The zero-order chi connectivity index (χ0) is 22.3. The van der Waals surface area contributed by atoms with E-state index >= 15 is 0 Å². The van der Waals surface area contributed by atoms with Gasteiger partial charge in [-0.2, -0.15) is 0 Å². The number of fused-ring (bicyclic) bond motifs is 1. The van der Waals surface area contributed by atoms with Gasteiger partial charge >= 0.3 is 7.82 Å². The van der Waals surface area contributed by atoms with Gasteiger partial charge in [-0.25, -0.2) is 9.55 Å². The van der Waals surface area contributed by atoms with Crippen LogP contribution in [-0.2, 0) is 25.0 Å². The van der Waals surface area contributed by atoms with Crippen LogP contribution in [0.3, 0.4) is 0 Å². The highest BCUT2D eigenvalue weighted by molar-refractivity contribution is 7.49. The molecule has 1 aromatic heterocycles. The number of phosphoric ester groups is 1. The molecule has 5 atom stereocenters. The summed E-state index contributed by atoms with van der Waals surface area (Å²) < 4.78 is 35.2. The fraction of sp³-hybridized carbons (Fsp3) is 0.389. The van der Waals surface area contributed by atoms with Gasteiger partial charge in [0.15, 0.2) is 11.9 Å². The van der Waals surface area contributed by atoms with Crippen molar-refractivity contribution in [3.63, 3.8) is 0 Å². The number of ether oxygens (including phenoxy) is 1. The van der Waals surface area contributed by atoms with E-state index < -0.39 is 56.1 Å². The highest BCUT2D eigenvalue weighted by Gasteiger charge is 2.46. The number of aliphatic hydroxyl groups excluding tert-OH is 2. The molecule has 31 heavy (non-hydrogen) atoms. The van der Waals surface area contributed by atoms with Gasteiger partial charge in [0, 0.05) is 18.0 Å². The van der Waals surface area contributed by atoms with E-state index in [-0.39, 0.29) is 6.61 Å². The topological polar surface area (TPSA) is 172 Å². The Hall–Kier alpha value is -2.60. The number of nitrogens with zero attached hydrogens (tertiary/aromatic N) is 2. The van der Waals surface area contributed by atoms with Crippen LogP contribution >= 0.6 is 7.82 Å². The number of amides is 1. The van der Waals surface area contributed by atoms with Crippen LogP contribution in [0.15, 0.2) is 35.4 Å². The van der Waals surface area contributed by atoms with E-state index in [9.17, 15) is 24.4 Å². The second-order valence-electron chi connectivity index (χ2n) is 7.07. The maximum atomic E-state index is 12.8. The van der Waals surface area contributed by atoms with Gasteiger partial charge in [-0.05, 0) is 12.5 Å². The first kappa shape index (κ1) is 21.6. The smallest absolute Gasteiger partial charge is 0.403 e. The largest absolute Gasteiger partial charge is 0.530 e. The predicted octanol–water partition coefficient (Wildman–Crippen LogP) is 0.00372. The number of hydrogen-bond donors (Lipinski definition) is 3. The van der Waals surface area contributed by atoms with Crippen LogP contribution in [0.2, 0.25) is 0 Å². The van der Waals surface area contributed by atoms with Crippen LogP contribution in [0.1, 0.15) is 27.8 Å². The van der Waals surface area contributed by atoms with Crippen LogP contribution in [0.25, 0.3) is 0 Å². The first-order valence-corrected chi connectivity index (χ1v) is 10.7. The average molecular weight is 453 g/mol. The van der Waals surface area contributed by atoms with Crippen molar-refractivity contribution in [3.05, 3.63) is 57.8 Å².